The third kappa shape index (κ3) is 7.79. The molecule has 0 fully saturated rings. The number of amides is 2. The Labute approximate surface area is 257 Å². The summed E-state index contributed by atoms with van der Waals surface area (Å²) >= 11 is 0. The van der Waals surface area contributed by atoms with Gasteiger partial charge < -0.3 is 24.4 Å². The number of benzene rings is 3. The van der Waals surface area contributed by atoms with Gasteiger partial charge >= 0.3 is 0 Å². The predicted octanol–water partition coefficient (Wildman–Crippen LogP) is 4.52. The maximum Gasteiger partial charge on any atom is 0.264 e. The smallest absolute Gasteiger partial charge is 0.264 e. The number of nitrogens with zero attached hydrogens (tertiary/aromatic N) is 2. The summed E-state index contributed by atoms with van der Waals surface area (Å²) in [5.74, 6) is -0.349. The van der Waals surface area contributed by atoms with Gasteiger partial charge in [-0.3, -0.25) is 13.9 Å². The molecule has 44 heavy (non-hydrogen) atoms. The lowest BCUT2D eigenvalue weighted by molar-refractivity contribution is -0.141. The van der Waals surface area contributed by atoms with Gasteiger partial charge in [0.2, 0.25) is 11.8 Å². The van der Waals surface area contributed by atoms with Crippen molar-refractivity contribution in [3.63, 3.8) is 0 Å². The molecule has 0 spiro atoms. The van der Waals surface area contributed by atoms with E-state index in [9.17, 15) is 22.4 Å². The molecule has 0 bridgehead atoms. The van der Waals surface area contributed by atoms with E-state index >= 15 is 0 Å². The first-order chi connectivity index (χ1) is 20.8. The van der Waals surface area contributed by atoms with Crippen LogP contribution < -0.4 is 23.8 Å². The molecule has 236 valence electrons. The van der Waals surface area contributed by atoms with Gasteiger partial charge in [0.05, 0.1) is 17.7 Å². The zero-order valence-electron chi connectivity index (χ0n) is 25.5. The number of hydrogen-bond donors (Lipinski definition) is 1. The molecule has 0 aliphatic carbocycles. The number of hydrogen-bond acceptors (Lipinski definition) is 7. The Kier molecular flexibility index (Phi) is 10.0. The van der Waals surface area contributed by atoms with E-state index in [0.29, 0.717) is 23.7 Å². The Balaban J connectivity index is 1.76. The first-order valence-corrected chi connectivity index (χ1v) is 15.7. The van der Waals surface area contributed by atoms with Crippen molar-refractivity contribution >= 4 is 27.5 Å². The Morgan fingerprint density at radius 3 is 2.32 bits per heavy atom. The van der Waals surface area contributed by atoms with E-state index in [-0.39, 0.29) is 41.8 Å². The minimum Gasteiger partial charge on any atom is -0.497 e. The van der Waals surface area contributed by atoms with Gasteiger partial charge in [0.15, 0.2) is 11.5 Å². The number of anilines is 1. The Morgan fingerprint density at radius 2 is 1.68 bits per heavy atom. The van der Waals surface area contributed by atoms with Crippen LogP contribution in [0.5, 0.6) is 17.2 Å². The molecular formula is C32H38FN3O7S. The maximum absolute atomic E-state index is 14.2. The van der Waals surface area contributed by atoms with E-state index < -0.39 is 39.9 Å². The van der Waals surface area contributed by atoms with Crippen molar-refractivity contribution in [1.82, 2.24) is 10.2 Å². The lowest BCUT2D eigenvalue weighted by atomic mass is 10.1. The highest BCUT2D eigenvalue weighted by atomic mass is 32.2. The van der Waals surface area contributed by atoms with Gasteiger partial charge in [0.1, 0.15) is 37.4 Å². The van der Waals surface area contributed by atoms with Crippen molar-refractivity contribution in [1.29, 1.82) is 0 Å². The van der Waals surface area contributed by atoms with E-state index in [2.05, 4.69) is 5.32 Å². The third-order valence-electron chi connectivity index (χ3n) is 6.87. The number of ether oxygens (including phenoxy) is 3. The summed E-state index contributed by atoms with van der Waals surface area (Å²) in [6.07, 6.45) is 0.267. The number of carbonyl (C=O) groups is 2. The summed E-state index contributed by atoms with van der Waals surface area (Å²) in [5.41, 5.74) is 0.183. The molecule has 0 unspecified atom stereocenters. The third-order valence-corrected chi connectivity index (χ3v) is 8.64. The topological polar surface area (TPSA) is 114 Å². The SMILES string of the molecule is CC[C@@H](C(=O)NC(C)(C)C)N(Cc1cccc(OC)c1)C(=O)CN(c1ccc(F)cc1)S(=O)(=O)c1ccc2c(c1)OCCO2. The largest absolute Gasteiger partial charge is 0.497 e. The number of fused-ring (bicyclic) bond motifs is 1. The van der Waals surface area contributed by atoms with Gasteiger partial charge in [-0.05, 0) is 81.3 Å². The standard InChI is InChI=1S/C32H38FN3O7S/c1-6-27(31(38)34-32(2,3)4)35(20-22-8-7-9-25(18-22)41-5)30(37)21-36(24-12-10-23(33)11-13-24)44(39,40)26-14-15-28-29(19-26)43-17-16-42-28/h7-15,18-19,27H,6,16-17,20-21H2,1-5H3,(H,34,38)/t27-/m0/s1. The average molecular weight is 628 g/mol. The molecule has 4 rings (SSSR count). The van der Waals surface area contributed by atoms with Gasteiger partial charge in [-0.15, -0.1) is 0 Å². The first-order valence-electron chi connectivity index (χ1n) is 14.2. The Morgan fingerprint density at radius 1 is 1.00 bits per heavy atom. The molecule has 3 aromatic carbocycles. The summed E-state index contributed by atoms with van der Waals surface area (Å²) in [6.45, 7) is 7.22. The molecule has 0 aromatic heterocycles. The lowest BCUT2D eigenvalue weighted by Gasteiger charge is -2.35. The molecule has 10 nitrogen and oxygen atoms in total. The first kappa shape index (κ1) is 32.6. The molecule has 1 N–H and O–H groups in total. The predicted molar refractivity (Wildman–Crippen MR) is 164 cm³/mol. The Hall–Kier alpha value is -4.32. The second-order valence-electron chi connectivity index (χ2n) is 11.3. The highest BCUT2D eigenvalue weighted by molar-refractivity contribution is 7.92. The van der Waals surface area contributed by atoms with Gasteiger partial charge in [0, 0.05) is 18.2 Å². The van der Waals surface area contributed by atoms with E-state index in [1.54, 1.807) is 31.2 Å². The number of methoxy groups -OCH3 is 1. The fraction of sp³-hybridized carbons (Fsp3) is 0.375. The summed E-state index contributed by atoms with van der Waals surface area (Å²) in [6, 6.07) is 15.2. The zero-order valence-corrected chi connectivity index (χ0v) is 26.3. The van der Waals surface area contributed by atoms with Crippen LogP contribution in [-0.4, -0.2) is 63.6 Å². The molecule has 1 aliphatic rings. The van der Waals surface area contributed by atoms with Crippen LogP contribution in [0.3, 0.4) is 0 Å². The lowest BCUT2D eigenvalue weighted by Crippen LogP contribution is -2.55. The van der Waals surface area contributed by atoms with Crippen LogP contribution in [0.4, 0.5) is 10.1 Å². The van der Waals surface area contributed by atoms with E-state index in [1.165, 1.54) is 42.3 Å². The monoisotopic (exact) mass is 627 g/mol. The molecule has 1 heterocycles. The highest BCUT2D eigenvalue weighted by Gasteiger charge is 2.35. The number of rotatable bonds is 11. The molecular weight excluding hydrogens is 589 g/mol. The number of carbonyl (C=O) groups excluding carboxylic acids is 2. The maximum atomic E-state index is 14.2. The van der Waals surface area contributed by atoms with Crippen LogP contribution in [0.15, 0.2) is 71.6 Å². The van der Waals surface area contributed by atoms with E-state index in [0.717, 1.165) is 16.4 Å². The number of sulfonamides is 1. The molecule has 0 saturated heterocycles. The normalized spacial score (nSPS) is 13.5. The zero-order chi connectivity index (χ0) is 32.1. The van der Waals surface area contributed by atoms with Crippen LogP contribution in [0.2, 0.25) is 0 Å². The van der Waals surface area contributed by atoms with Crippen molar-refractivity contribution in [2.75, 3.05) is 31.2 Å². The number of halogens is 1. The fourth-order valence-electron chi connectivity index (χ4n) is 4.79. The minimum absolute atomic E-state index is 0.00737. The second-order valence-corrected chi connectivity index (χ2v) is 13.2. The highest BCUT2D eigenvalue weighted by Crippen LogP contribution is 2.34. The average Bonchev–Trinajstić information content (AvgIpc) is 2.99. The van der Waals surface area contributed by atoms with Crippen molar-refractivity contribution in [3.8, 4) is 17.2 Å². The molecule has 0 radical (unpaired) electrons. The van der Waals surface area contributed by atoms with Gasteiger partial charge in [-0.1, -0.05) is 19.1 Å². The summed E-state index contributed by atoms with van der Waals surface area (Å²) in [7, 11) is -2.86. The second kappa shape index (κ2) is 13.5. The van der Waals surface area contributed by atoms with Crippen LogP contribution in [-0.2, 0) is 26.2 Å². The van der Waals surface area contributed by atoms with Crippen LogP contribution in [0.25, 0.3) is 0 Å². The summed E-state index contributed by atoms with van der Waals surface area (Å²) < 4.78 is 59.5. The summed E-state index contributed by atoms with van der Waals surface area (Å²) in [5, 5.41) is 2.93. The minimum atomic E-state index is -4.39. The number of nitrogens with one attached hydrogen (secondary N) is 1. The van der Waals surface area contributed by atoms with Gasteiger partial charge in [-0.25, -0.2) is 12.8 Å². The molecule has 12 heteroatoms. The van der Waals surface area contributed by atoms with Gasteiger partial charge in [-0.2, -0.15) is 0 Å². The van der Waals surface area contributed by atoms with Crippen LogP contribution in [0, 0.1) is 5.82 Å². The van der Waals surface area contributed by atoms with Crippen LogP contribution >= 0.6 is 0 Å². The molecule has 1 aliphatic heterocycles. The Bertz CT molecular complexity index is 1590. The van der Waals surface area contributed by atoms with E-state index in [1.807, 2.05) is 20.8 Å². The van der Waals surface area contributed by atoms with Crippen molar-refractivity contribution in [2.45, 2.75) is 57.1 Å². The van der Waals surface area contributed by atoms with Gasteiger partial charge in [0.25, 0.3) is 10.0 Å². The molecule has 2 amide bonds. The summed E-state index contributed by atoms with van der Waals surface area (Å²) in [4.78, 5) is 28.9. The molecule has 3 aromatic rings. The van der Waals surface area contributed by atoms with Crippen molar-refractivity contribution < 1.29 is 36.6 Å². The van der Waals surface area contributed by atoms with Crippen molar-refractivity contribution in [3.05, 3.63) is 78.1 Å². The molecule has 0 saturated carbocycles. The van der Waals surface area contributed by atoms with E-state index in [4.69, 9.17) is 14.2 Å². The van der Waals surface area contributed by atoms with Crippen molar-refractivity contribution in [2.24, 2.45) is 0 Å². The molecule has 1 atom stereocenters. The van der Waals surface area contributed by atoms with Crippen LogP contribution in [0.1, 0.15) is 39.7 Å². The fourth-order valence-corrected chi connectivity index (χ4v) is 6.22. The quantitative estimate of drug-likeness (QED) is 0.333.